The maximum atomic E-state index is 11.0. The molecule has 22 heavy (non-hydrogen) atoms. The lowest BCUT2D eigenvalue weighted by Gasteiger charge is -2.06. The predicted octanol–water partition coefficient (Wildman–Crippen LogP) is 3.83. The van der Waals surface area contributed by atoms with Gasteiger partial charge in [-0.05, 0) is 24.3 Å². The molecule has 5 heteroatoms. The molecule has 0 saturated heterocycles. The highest BCUT2D eigenvalue weighted by Gasteiger charge is 2.06. The molecule has 1 heterocycles. The van der Waals surface area contributed by atoms with E-state index in [1.165, 1.54) is 6.92 Å². The lowest BCUT2D eigenvalue weighted by Crippen LogP contribution is -2.06. The van der Waals surface area contributed by atoms with Gasteiger partial charge in [0.25, 0.3) is 0 Å². The van der Waals surface area contributed by atoms with Crippen molar-refractivity contribution >= 4 is 11.9 Å². The van der Waals surface area contributed by atoms with Crippen LogP contribution in [0.5, 0.6) is 11.5 Å². The number of ether oxygens (including phenoxy) is 1. The van der Waals surface area contributed by atoms with Gasteiger partial charge in [0.1, 0.15) is 11.5 Å². The number of amides is 1. The summed E-state index contributed by atoms with van der Waals surface area (Å²) >= 11 is 0. The number of imidazole rings is 1. The Kier molecular flexibility index (Phi) is 3.87. The molecular formula is C17H15N3O2. The highest BCUT2D eigenvalue weighted by Crippen LogP contribution is 2.26. The number of H-pyrrole nitrogens is 1. The number of hydrogen-bond donors (Lipinski definition) is 2. The number of nitrogens with one attached hydrogen (secondary N) is 2. The molecule has 0 bridgehead atoms. The van der Waals surface area contributed by atoms with Crippen LogP contribution in [0.4, 0.5) is 5.95 Å². The molecule has 0 aliphatic carbocycles. The number of nitrogens with zero attached hydrogens (tertiary/aromatic N) is 1. The van der Waals surface area contributed by atoms with E-state index in [1.807, 2.05) is 54.6 Å². The normalized spacial score (nSPS) is 10.2. The van der Waals surface area contributed by atoms with E-state index in [9.17, 15) is 4.79 Å². The highest BCUT2D eigenvalue weighted by atomic mass is 16.5. The minimum absolute atomic E-state index is 0.165. The number of carbonyl (C=O) groups is 1. The molecule has 5 nitrogen and oxygen atoms in total. The van der Waals surface area contributed by atoms with Gasteiger partial charge in [-0.15, -0.1) is 0 Å². The second-order valence-corrected chi connectivity index (χ2v) is 4.77. The smallest absolute Gasteiger partial charge is 0.223 e. The van der Waals surface area contributed by atoms with Gasteiger partial charge in [-0.2, -0.15) is 0 Å². The van der Waals surface area contributed by atoms with Crippen LogP contribution in [0, 0.1) is 0 Å². The average molecular weight is 293 g/mol. The Morgan fingerprint density at radius 3 is 2.64 bits per heavy atom. The van der Waals surface area contributed by atoms with Crippen LogP contribution in [0.25, 0.3) is 11.3 Å². The first-order chi connectivity index (χ1) is 10.7. The number of para-hydroxylation sites is 1. The van der Waals surface area contributed by atoms with E-state index in [4.69, 9.17) is 4.74 Å². The summed E-state index contributed by atoms with van der Waals surface area (Å²) < 4.78 is 5.81. The Balaban J connectivity index is 1.81. The van der Waals surface area contributed by atoms with Crippen LogP contribution in [-0.4, -0.2) is 15.9 Å². The van der Waals surface area contributed by atoms with Crippen LogP contribution in [0.1, 0.15) is 6.92 Å². The van der Waals surface area contributed by atoms with E-state index in [0.29, 0.717) is 5.95 Å². The zero-order chi connectivity index (χ0) is 15.4. The van der Waals surface area contributed by atoms with E-state index in [0.717, 1.165) is 22.8 Å². The molecule has 0 aliphatic heterocycles. The van der Waals surface area contributed by atoms with E-state index in [-0.39, 0.29) is 5.91 Å². The zero-order valence-corrected chi connectivity index (χ0v) is 12.0. The van der Waals surface area contributed by atoms with Crippen LogP contribution in [0.15, 0.2) is 60.8 Å². The van der Waals surface area contributed by atoms with E-state index < -0.39 is 0 Å². The number of hydrogen-bond acceptors (Lipinski definition) is 3. The molecule has 3 aromatic rings. The number of carbonyl (C=O) groups excluding carboxylic acids is 1. The third-order valence-electron chi connectivity index (χ3n) is 2.99. The predicted molar refractivity (Wildman–Crippen MR) is 84.8 cm³/mol. The molecule has 110 valence electrons. The summed E-state index contributed by atoms with van der Waals surface area (Å²) in [6.07, 6.45) is 1.67. The molecule has 0 spiro atoms. The summed E-state index contributed by atoms with van der Waals surface area (Å²) in [5, 5.41) is 2.61. The minimum atomic E-state index is -0.165. The molecule has 0 fully saturated rings. The van der Waals surface area contributed by atoms with Crippen LogP contribution < -0.4 is 10.1 Å². The van der Waals surface area contributed by atoms with Crippen LogP contribution in [0.3, 0.4) is 0 Å². The Labute approximate surface area is 128 Å². The minimum Gasteiger partial charge on any atom is -0.457 e. The Morgan fingerprint density at radius 1 is 1.09 bits per heavy atom. The quantitative estimate of drug-likeness (QED) is 0.768. The Hall–Kier alpha value is -3.08. The lowest BCUT2D eigenvalue weighted by atomic mass is 10.1. The van der Waals surface area contributed by atoms with Crippen molar-refractivity contribution < 1.29 is 9.53 Å². The van der Waals surface area contributed by atoms with Crippen LogP contribution in [-0.2, 0) is 4.79 Å². The maximum Gasteiger partial charge on any atom is 0.223 e. The van der Waals surface area contributed by atoms with Crippen molar-refractivity contribution in [2.45, 2.75) is 6.92 Å². The third kappa shape index (κ3) is 3.32. The van der Waals surface area contributed by atoms with Crippen LogP contribution >= 0.6 is 0 Å². The van der Waals surface area contributed by atoms with Gasteiger partial charge in [-0.1, -0.05) is 30.3 Å². The fraction of sp³-hybridized carbons (Fsp3) is 0.0588. The maximum absolute atomic E-state index is 11.0. The summed E-state index contributed by atoms with van der Waals surface area (Å²) in [5.74, 6) is 1.78. The molecule has 0 radical (unpaired) electrons. The van der Waals surface area contributed by atoms with Gasteiger partial charge < -0.3 is 9.72 Å². The number of benzene rings is 2. The first-order valence-electron chi connectivity index (χ1n) is 6.86. The van der Waals surface area contributed by atoms with Gasteiger partial charge in [0.05, 0.1) is 11.9 Å². The number of rotatable bonds is 4. The van der Waals surface area contributed by atoms with Gasteiger partial charge >= 0.3 is 0 Å². The third-order valence-corrected chi connectivity index (χ3v) is 2.99. The van der Waals surface area contributed by atoms with E-state index in [1.54, 1.807) is 6.20 Å². The number of aromatic amines is 1. The van der Waals surface area contributed by atoms with Gasteiger partial charge in [-0.25, -0.2) is 4.98 Å². The molecule has 0 aliphatic rings. The summed E-state index contributed by atoms with van der Waals surface area (Å²) in [6.45, 7) is 1.44. The van der Waals surface area contributed by atoms with Crippen molar-refractivity contribution in [1.29, 1.82) is 0 Å². The van der Waals surface area contributed by atoms with Gasteiger partial charge in [0.15, 0.2) is 0 Å². The SMILES string of the molecule is CC(=O)Nc1ncc(-c2cccc(Oc3ccccc3)c2)[nH]1. The fourth-order valence-electron chi connectivity index (χ4n) is 2.05. The average Bonchev–Trinajstić information content (AvgIpc) is 2.96. The zero-order valence-electron chi connectivity index (χ0n) is 12.0. The summed E-state index contributed by atoms with van der Waals surface area (Å²) in [5.41, 5.74) is 1.74. The molecule has 0 unspecified atom stereocenters. The standard InChI is InChI=1S/C17H15N3O2/c1-12(21)19-17-18-11-16(20-17)13-6-5-9-15(10-13)22-14-7-3-2-4-8-14/h2-11H,1H3,(H2,18,19,20,21). The fourth-order valence-corrected chi connectivity index (χ4v) is 2.05. The second-order valence-electron chi connectivity index (χ2n) is 4.77. The highest BCUT2D eigenvalue weighted by molar-refractivity contribution is 5.87. The first kappa shape index (κ1) is 13.9. The van der Waals surface area contributed by atoms with E-state index >= 15 is 0 Å². The molecular weight excluding hydrogens is 278 g/mol. The number of anilines is 1. The molecule has 0 saturated carbocycles. The first-order valence-corrected chi connectivity index (χ1v) is 6.86. The van der Waals surface area contributed by atoms with Crippen molar-refractivity contribution in [3.05, 3.63) is 60.8 Å². The molecule has 2 N–H and O–H groups in total. The largest absolute Gasteiger partial charge is 0.457 e. The van der Waals surface area contributed by atoms with Crippen molar-refractivity contribution in [1.82, 2.24) is 9.97 Å². The van der Waals surface area contributed by atoms with Gasteiger partial charge in [0, 0.05) is 12.5 Å². The lowest BCUT2D eigenvalue weighted by molar-refractivity contribution is -0.114. The molecule has 0 atom stereocenters. The summed E-state index contributed by atoms with van der Waals surface area (Å²) in [4.78, 5) is 18.2. The molecule has 1 aromatic heterocycles. The second kappa shape index (κ2) is 6.13. The van der Waals surface area contributed by atoms with Crippen molar-refractivity contribution in [2.24, 2.45) is 0 Å². The van der Waals surface area contributed by atoms with Gasteiger partial charge in [-0.3, -0.25) is 10.1 Å². The molecule has 1 amide bonds. The van der Waals surface area contributed by atoms with Crippen molar-refractivity contribution in [2.75, 3.05) is 5.32 Å². The summed E-state index contributed by atoms with van der Waals surface area (Å²) in [7, 11) is 0. The van der Waals surface area contributed by atoms with Crippen LogP contribution in [0.2, 0.25) is 0 Å². The topological polar surface area (TPSA) is 67.0 Å². The molecule has 2 aromatic carbocycles. The summed E-state index contributed by atoms with van der Waals surface area (Å²) in [6, 6.07) is 17.3. The van der Waals surface area contributed by atoms with Crippen molar-refractivity contribution in [3.63, 3.8) is 0 Å². The number of aromatic nitrogens is 2. The Bertz CT molecular complexity index is 781. The molecule has 3 rings (SSSR count). The van der Waals surface area contributed by atoms with Gasteiger partial charge in [0.2, 0.25) is 11.9 Å². The van der Waals surface area contributed by atoms with E-state index in [2.05, 4.69) is 15.3 Å². The Morgan fingerprint density at radius 2 is 1.86 bits per heavy atom. The monoisotopic (exact) mass is 293 g/mol. The van der Waals surface area contributed by atoms with Crippen molar-refractivity contribution in [3.8, 4) is 22.8 Å².